The van der Waals surface area contributed by atoms with E-state index in [4.69, 9.17) is 0 Å². The fraction of sp³-hybridized carbons (Fsp3) is 0.423. The van der Waals surface area contributed by atoms with Crippen LogP contribution in [0.25, 0.3) is 0 Å². The number of rotatable bonds is 7. The van der Waals surface area contributed by atoms with Crippen molar-refractivity contribution in [1.29, 1.82) is 0 Å². The van der Waals surface area contributed by atoms with Crippen LogP contribution in [0.5, 0.6) is 0 Å². The maximum absolute atomic E-state index is 12.7. The number of aryl methyl sites for hydroxylation is 1. The van der Waals surface area contributed by atoms with Crippen LogP contribution < -0.4 is 20.4 Å². The molecule has 2 N–H and O–H groups in total. The smallest absolute Gasteiger partial charge is 0.227 e. The highest BCUT2D eigenvalue weighted by atomic mass is 16.2. The molecular formula is C26H32N4O3. The van der Waals surface area contributed by atoms with Crippen molar-refractivity contribution >= 4 is 34.8 Å². The normalized spacial score (nSPS) is 19.0. The third-order valence-corrected chi connectivity index (χ3v) is 6.32. The zero-order valence-electron chi connectivity index (χ0n) is 19.3. The Morgan fingerprint density at radius 2 is 1.79 bits per heavy atom. The Morgan fingerprint density at radius 3 is 2.52 bits per heavy atom. The number of nitrogens with one attached hydrogen (secondary N) is 2. The first-order valence-electron chi connectivity index (χ1n) is 11.7. The molecule has 0 spiro atoms. The van der Waals surface area contributed by atoms with Crippen molar-refractivity contribution in [2.45, 2.75) is 45.6 Å². The molecule has 2 unspecified atom stereocenters. The Bertz CT molecular complexity index is 1010. The van der Waals surface area contributed by atoms with E-state index in [1.165, 1.54) is 12.8 Å². The van der Waals surface area contributed by atoms with E-state index >= 15 is 0 Å². The molecule has 7 nitrogen and oxygen atoms in total. The lowest BCUT2D eigenvalue weighted by Gasteiger charge is -2.19. The highest BCUT2D eigenvalue weighted by molar-refractivity contribution is 6.00. The van der Waals surface area contributed by atoms with Crippen LogP contribution in [-0.4, -0.2) is 43.4 Å². The average Bonchev–Trinajstić information content (AvgIpc) is 3.44. The second-order valence-electron chi connectivity index (χ2n) is 9.15. The second kappa shape index (κ2) is 10.1. The molecule has 0 saturated carbocycles. The third-order valence-electron chi connectivity index (χ3n) is 6.32. The van der Waals surface area contributed by atoms with E-state index in [0.29, 0.717) is 6.54 Å². The van der Waals surface area contributed by atoms with Crippen LogP contribution in [0, 0.1) is 12.8 Å². The van der Waals surface area contributed by atoms with Crippen molar-refractivity contribution in [1.82, 2.24) is 5.32 Å². The summed E-state index contributed by atoms with van der Waals surface area (Å²) < 4.78 is 0. The summed E-state index contributed by atoms with van der Waals surface area (Å²) in [6.45, 7) is 6.26. The molecule has 0 bridgehead atoms. The molecule has 2 atom stereocenters. The molecule has 0 aliphatic carbocycles. The standard InChI is InChI=1S/C26H32N4O3/c1-18-8-10-22(11-9-18)30-17-20(15-25(30)32)26(33)27-19(2)14-24(31)28-21-6-5-7-23(16-21)29-12-3-4-13-29/h5-11,16,19-20H,3-4,12-15,17H2,1-2H3,(H,27,33)(H,28,31). The lowest BCUT2D eigenvalue weighted by Crippen LogP contribution is -2.40. The summed E-state index contributed by atoms with van der Waals surface area (Å²) in [5, 5.41) is 5.85. The van der Waals surface area contributed by atoms with Crippen molar-refractivity contribution in [3.05, 3.63) is 54.1 Å². The second-order valence-corrected chi connectivity index (χ2v) is 9.15. The molecule has 174 valence electrons. The van der Waals surface area contributed by atoms with Crippen molar-refractivity contribution in [3.8, 4) is 0 Å². The van der Waals surface area contributed by atoms with Gasteiger partial charge in [-0.25, -0.2) is 0 Å². The number of hydrogen-bond donors (Lipinski definition) is 2. The van der Waals surface area contributed by atoms with Gasteiger partial charge in [-0.15, -0.1) is 0 Å². The molecular weight excluding hydrogens is 416 g/mol. The number of carbonyl (C=O) groups excluding carboxylic acids is 3. The molecule has 2 fully saturated rings. The minimum Gasteiger partial charge on any atom is -0.371 e. The minimum atomic E-state index is -0.415. The van der Waals surface area contributed by atoms with Gasteiger partial charge in [0.15, 0.2) is 0 Å². The van der Waals surface area contributed by atoms with Crippen LogP contribution in [0.2, 0.25) is 0 Å². The van der Waals surface area contributed by atoms with E-state index in [0.717, 1.165) is 35.7 Å². The Morgan fingerprint density at radius 1 is 1.06 bits per heavy atom. The molecule has 0 aromatic heterocycles. The summed E-state index contributed by atoms with van der Waals surface area (Å²) >= 11 is 0. The zero-order valence-corrected chi connectivity index (χ0v) is 19.3. The number of anilines is 3. The topological polar surface area (TPSA) is 81.8 Å². The van der Waals surface area contributed by atoms with E-state index in [9.17, 15) is 14.4 Å². The van der Waals surface area contributed by atoms with Gasteiger partial charge in [0, 0.05) is 55.6 Å². The van der Waals surface area contributed by atoms with Crippen LogP contribution in [0.4, 0.5) is 17.1 Å². The number of benzene rings is 2. The monoisotopic (exact) mass is 448 g/mol. The Hall–Kier alpha value is -3.35. The highest BCUT2D eigenvalue weighted by Gasteiger charge is 2.35. The van der Waals surface area contributed by atoms with Crippen molar-refractivity contribution < 1.29 is 14.4 Å². The summed E-state index contributed by atoms with van der Waals surface area (Å²) in [6.07, 6.45) is 2.75. The summed E-state index contributed by atoms with van der Waals surface area (Å²) in [6, 6.07) is 15.3. The van der Waals surface area contributed by atoms with E-state index in [1.54, 1.807) is 4.90 Å². The van der Waals surface area contributed by atoms with E-state index < -0.39 is 5.92 Å². The molecule has 33 heavy (non-hydrogen) atoms. The molecule has 7 heteroatoms. The largest absolute Gasteiger partial charge is 0.371 e. The minimum absolute atomic E-state index is 0.0534. The van der Waals surface area contributed by atoms with Gasteiger partial charge >= 0.3 is 0 Å². The van der Waals surface area contributed by atoms with Gasteiger partial charge in [-0.05, 0) is 57.0 Å². The van der Waals surface area contributed by atoms with Crippen LogP contribution in [0.15, 0.2) is 48.5 Å². The molecule has 2 aromatic rings. The lowest BCUT2D eigenvalue weighted by atomic mass is 10.1. The lowest BCUT2D eigenvalue weighted by molar-refractivity contribution is -0.127. The molecule has 2 saturated heterocycles. The SMILES string of the molecule is Cc1ccc(N2CC(C(=O)NC(C)CC(=O)Nc3cccc(N4CCCC4)c3)CC2=O)cc1. The Balaban J connectivity index is 1.27. The van der Waals surface area contributed by atoms with Crippen LogP contribution in [0.3, 0.4) is 0 Å². The van der Waals surface area contributed by atoms with Crippen LogP contribution in [0.1, 0.15) is 38.2 Å². The number of hydrogen-bond acceptors (Lipinski definition) is 4. The van der Waals surface area contributed by atoms with Gasteiger partial charge in [0.05, 0.1) is 5.92 Å². The number of carbonyl (C=O) groups is 3. The predicted molar refractivity (Wildman–Crippen MR) is 130 cm³/mol. The van der Waals surface area contributed by atoms with Gasteiger partial charge in [0.25, 0.3) is 0 Å². The van der Waals surface area contributed by atoms with Gasteiger partial charge in [0.1, 0.15) is 0 Å². The van der Waals surface area contributed by atoms with E-state index in [1.807, 2.05) is 56.3 Å². The fourth-order valence-corrected chi connectivity index (χ4v) is 4.51. The number of nitrogens with zero attached hydrogens (tertiary/aromatic N) is 2. The molecule has 2 aromatic carbocycles. The van der Waals surface area contributed by atoms with Gasteiger partial charge in [-0.1, -0.05) is 23.8 Å². The molecule has 2 aliphatic heterocycles. The Labute approximate surface area is 195 Å². The van der Waals surface area contributed by atoms with E-state index in [-0.39, 0.29) is 36.6 Å². The predicted octanol–water partition coefficient (Wildman–Crippen LogP) is 3.48. The molecule has 0 radical (unpaired) electrons. The Kier molecular flexibility index (Phi) is 6.96. The van der Waals surface area contributed by atoms with Gasteiger partial charge in [-0.3, -0.25) is 14.4 Å². The molecule has 4 rings (SSSR count). The maximum Gasteiger partial charge on any atom is 0.227 e. The first-order valence-corrected chi connectivity index (χ1v) is 11.7. The molecule has 2 heterocycles. The maximum atomic E-state index is 12.7. The summed E-state index contributed by atoms with van der Waals surface area (Å²) in [5.74, 6) is -0.803. The van der Waals surface area contributed by atoms with Gasteiger partial charge in [0.2, 0.25) is 17.7 Å². The highest BCUT2D eigenvalue weighted by Crippen LogP contribution is 2.26. The van der Waals surface area contributed by atoms with Gasteiger partial charge < -0.3 is 20.4 Å². The molecule has 3 amide bonds. The van der Waals surface area contributed by atoms with E-state index in [2.05, 4.69) is 21.6 Å². The summed E-state index contributed by atoms with van der Waals surface area (Å²) in [5.41, 5.74) is 3.81. The third kappa shape index (κ3) is 5.72. The van der Waals surface area contributed by atoms with Crippen molar-refractivity contribution in [3.63, 3.8) is 0 Å². The quantitative estimate of drug-likeness (QED) is 0.680. The van der Waals surface area contributed by atoms with Crippen LogP contribution >= 0.6 is 0 Å². The molecule has 2 aliphatic rings. The first-order chi connectivity index (χ1) is 15.9. The van der Waals surface area contributed by atoms with Crippen LogP contribution in [-0.2, 0) is 14.4 Å². The van der Waals surface area contributed by atoms with Gasteiger partial charge in [-0.2, -0.15) is 0 Å². The fourth-order valence-electron chi connectivity index (χ4n) is 4.51. The zero-order chi connectivity index (χ0) is 23.4. The summed E-state index contributed by atoms with van der Waals surface area (Å²) in [7, 11) is 0. The average molecular weight is 449 g/mol. The number of amides is 3. The van der Waals surface area contributed by atoms with Crippen molar-refractivity contribution in [2.75, 3.05) is 34.8 Å². The first kappa shape index (κ1) is 22.8. The summed E-state index contributed by atoms with van der Waals surface area (Å²) in [4.78, 5) is 41.7. The van der Waals surface area contributed by atoms with Crippen molar-refractivity contribution in [2.24, 2.45) is 5.92 Å².